The van der Waals surface area contributed by atoms with Crippen LogP contribution in [0.5, 0.6) is 5.75 Å². The number of carbonyl (C=O) groups excluding carboxylic acids is 2. The van der Waals surface area contributed by atoms with Gasteiger partial charge in [-0.15, -0.1) is 0 Å². The van der Waals surface area contributed by atoms with Crippen molar-refractivity contribution < 1.29 is 14.3 Å². The van der Waals surface area contributed by atoms with E-state index in [4.69, 9.17) is 16.3 Å². The summed E-state index contributed by atoms with van der Waals surface area (Å²) in [7, 11) is 1.57. The predicted molar refractivity (Wildman–Crippen MR) is 102 cm³/mol. The molecule has 1 N–H and O–H groups in total. The summed E-state index contributed by atoms with van der Waals surface area (Å²) >= 11 is 6.03. The van der Waals surface area contributed by atoms with Crippen molar-refractivity contribution in [1.82, 2.24) is 4.90 Å². The number of piperazine rings is 1. The van der Waals surface area contributed by atoms with Crippen LogP contribution in [0.15, 0.2) is 48.5 Å². The van der Waals surface area contributed by atoms with Crippen molar-refractivity contribution in [3.63, 3.8) is 0 Å². The summed E-state index contributed by atoms with van der Waals surface area (Å²) in [6.45, 7) is 2.28. The molecule has 7 heteroatoms. The highest BCUT2D eigenvalue weighted by atomic mass is 35.5. The van der Waals surface area contributed by atoms with E-state index in [0.29, 0.717) is 42.6 Å². The number of rotatable bonds is 3. The lowest BCUT2D eigenvalue weighted by atomic mass is 10.2. The number of methoxy groups -OCH3 is 1. The Morgan fingerprint density at radius 2 is 1.73 bits per heavy atom. The fraction of sp³-hybridized carbons (Fsp3) is 0.263. The Kier molecular flexibility index (Phi) is 5.63. The van der Waals surface area contributed by atoms with Crippen molar-refractivity contribution in [3.8, 4) is 5.75 Å². The monoisotopic (exact) mass is 373 g/mol. The van der Waals surface area contributed by atoms with Gasteiger partial charge in [-0.2, -0.15) is 0 Å². The fourth-order valence-corrected chi connectivity index (χ4v) is 3.03. The Hall–Kier alpha value is -2.73. The molecular formula is C19H20ClN3O3. The number of ether oxygens (including phenoxy) is 1. The summed E-state index contributed by atoms with van der Waals surface area (Å²) in [4.78, 5) is 28.3. The molecule has 6 nitrogen and oxygen atoms in total. The second-order valence-corrected chi connectivity index (χ2v) is 6.38. The molecule has 0 aromatic heterocycles. The molecule has 0 spiro atoms. The van der Waals surface area contributed by atoms with E-state index < -0.39 is 11.8 Å². The van der Waals surface area contributed by atoms with Gasteiger partial charge in [-0.05, 0) is 42.5 Å². The Morgan fingerprint density at radius 3 is 2.35 bits per heavy atom. The van der Waals surface area contributed by atoms with Gasteiger partial charge in [-0.3, -0.25) is 9.59 Å². The zero-order valence-corrected chi connectivity index (χ0v) is 15.2. The second kappa shape index (κ2) is 8.10. The number of nitrogens with one attached hydrogen (secondary N) is 1. The van der Waals surface area contributed by atoms with Crippen molar-refractivity contribution in [1.29, 1.82) is 0 Å². The Morgan fingerprint density at radius 1 is 1.04 bits per heavy atom. The maximum Gasteiger partial charge on any atom is 0.313 e. The minimum absolute atomic E-state index is 0.487. The van der Waals surface area contributed by atoms with Gasteiger partial charge < -0.3 is 19.9 Å². The molecule has 1 fully saturated rings. The molecule has 0 radical (unpaired) electrons. The quantitative estimate of drug-likeness (QED) is 0.840. The number of amides is 2. The van der Waals surface area contributed by atoms with Crippen LogP contribution in [0.4, 0.5) is 11.4 Å². The fourth-order valence-electron chi connectivity index (χ4n) is 2.84. The van der Waals surface area contributed by atoms with Crippen molar-refractivity contribution in [2.45, 2.75) is 0 Å². The topological polar surface area (TPSA) is 61.9 Å². The minimum atomic E-state index is -0.633. The number of benzene rings is 2. The van der Waals surface area contributed by atoms with Gasteiger partial charge >= 0.3 is 11.8 Å². The SMILES string of the molecule is COc1ccc(NC(=O)C(=O)N2CCN(c3cccc(Cl)c3)CC2)cc1. The van der Waals surface area contributed by atoms with Crippen LogP contribution in [0.2, 0.25) is 5.02 Å². The molecule has 1 heterocycles. The average molecular weight is 374 g/mol. The van der Waals surface area contributed by atoms with Gasteiger partial charge in [-0.25, -0.2) is 0 Å². The van der Waals surface area contributed by atoms with E-state index in [-0.39, 0.29) is 0 Å². The first-order chi connectivity index (χ1) is 12.6. The molecule has 136 valence electrons. The maximum absolute atomic E-state index is 12.4. The molecule has 3 rings (SSSR count). The Balaban J connectivity index is 1.54. The van der Waals surface area contributed by atoms with Crippen molar-refractivity contribution in [2.75, 3.05) is 43.5 Å². The van der Waals surface area contributed by atoms with E-state index in [1.807, 2.05) is 24.3 Å². The smallest absolute Gasteiger partial charge is 0.313 e. The number of nitrogens with zero attached hydrogens (tertiary/aromatic N) is 2. The van der Waals surface area contributed by atoms with E-state index in [1.165, 1.54) is 0 Å². The van der Waals surface area contributed by atoms with E-state index >= 15 is 0 Å². The van der Waals surface area contributed by atoms with Crippen LogP contribution in [0.1, 0.15) is 0 Å². The molecular weight excluding hydrogens is 354 g/mol. The van der Waals surface area contributed by atoms with Gasteiger partial charge in [0.2, 0.25) is 0 Å². The lowest BCUT2D eigenvalue weighted by molar-refractivity contribution is -0.143. The first-order valence-corrected chi connectivity index (χ1v) is 8.69. The Labute approximate surface area is 157 Å². The van der Waals surface area contributed by atoms with E-state index in [9.17, 15) is 9.59 Å². The van der Waals surface area contributed by atoms with Crippen LogP contribution < -0.4 is 15.0 Å². The summed E-state index contributed by atoms with van der Waals surface area (Å²) in [6.07, 6.45) is 0. The Bertz CT molecular complexity index is 787. The number of anilines is 2. The summed E-state index contributed by atoms with van der Waals surface area (Å²) in [5, 5.41) is 3.30. The van der Waals surface area contributed by atoms with Crippen LogP contribution in [-0.2, 0) is 9.59 Å². The van der Waals surface area contributed by atoms with Gasteiger partial charge in [0, 0.05) is 42.6 Å². The maximum atomic E-state index is 12.4. The summed E-state index contributed by atoms with van der Waals surface area (Å²) in [6, 6.07) is 14.5. The van der Waals surface area contributed by atoms with Gasteiger partial charge in [0.25, 0.3) is 0 Å². The highest BCUT2D eigenvalue weighted by Crippen LogP contribution is 2.21. The molecule has 0 unspecified atom stereocenters. The molecule has 1 saturated heterocycles. The van der Waals surface area contributed by atoms with Crippen LogP contribution in [0.3, 0.4) is 0 Å². The highest BCUT2D eigenvalue weighted by Gasteiger charge is 2.26. The first kappa shape index (κ1) is 18.1. The van der Waals surface area contributed by atoms with Crippen LogP contribution in [-0.4, -0.2) is 50.0 Å². The van der Waals surface area contributed by atoms with Crippen LogP contribution >= 0.6 is 11.6 Å². The zero-order chi connectivity index (χ0) is 18.5. The van der Waals surface area contributed by atoms with E-state index in [0.717, 1.165) is 5.69 Å². The third-order valence-corrected chi connectivity index (χ3v) is 4.52. The molecule has 0 aliphatic carbocycles. The predicted octanol–water partition coefficient (Wildman–Crippen LogP) is 2.64. The summed E-state index contributed by atoms with van der Waals surface area (Å²) < 4.78 is 5.07. The van der Waals surface area contributed by atoms with Gasteiger partial charge in [0.1, 0.15) is 5.75 Å². The van der Waals surface area contributed by atoms with Gasteiger partial charge in [0.05, 0.1) is 7.11 Å². The average Bonchev–Trinajstić information content (AvgIpc) is 2.68. The summed E-state index contributed by atoms with van der Waals surface area (Å²) in [5.41, 5.74) is 1.58. The zero-order valence-electron chi connectivity index (χ0n) is 14.4. The van der Waals surface area contributed by atoms with Crippen molar-refractivity contribution >= 4 is 34.8 Å². The lowest BCUT2D eigenvalue weighted by Crippen LogP contribution is -2.51. The number of hydrogen-bond acceptors (Lipinski definition) is 4. The van der Waals surface area contributed by atoms with Gasteiger partial charge in [0.15, 0.2) is 0 Å². The second-order valence-electron chi connectivity index (χ2n) is 5.94. The molecule has 0 atom stereocenters. The van der Waals surface area contributed by atoms with Crippen molar-refractivity contribution in [2.24, 2.45) is 0 Å². The number of halogens is 1. The standard InChI is InChI=1S/C19H20ClN3O3/c1-26-17-7-5-15(6-8-17)21-18(24)19(25)23-11-9-22(10-12-23)16-4-2-3-14(20)13-16/h2-8,13H,9-12H2,1H3,(H,21,24). The largest absolute Gasteiger partial charge is 0.497 e. The molecule has 2 aromatic rings. The van der Waals surface area contributed by atoms with Crippen molar-refractivity contribution in [3.05, 3.63) is 53.6 Å². The molecule has 1 aliphatic heterocycles. The van der Waals surface area contributed by atoms with Crippen LogP contribution in [0, 0.1) is 0 Å². The molecule has 2 amide bonds. The molecule has 0 saturated carbocycles. The van der Waals surface area contributed by atoms with Gasteiger partial charge in [-0.1, -0.05) is 17.7 Å². The van der Waals surface area contributed by atoms with E-state index in [2.05, 4.69) is 10.2 Å². The normalized spacial score (nSPS) is 14.1. The first-order valence-electron chi connectivity index (χ1n) is 8.31. The molecule has 26 heavy (non-hydrogen) atoms. The molecule has 2 aromatic carbocycles. The minimum Gasteiger partial charge on any atom is -0.497 e. The lowest BCUT2D eigenvalue weighted by Gasteiger charge is -2.35. The summed E-state index contributed by atoms with van der Waals surface area (Å²) in [5.74, 6) is -0.468. The third kappa shape index (κ3) is 4.26. The molecule has 1 aliphatic rings. The molecule has 0 bridgehead atoms. The van der Waals surface area contributed by atoms with E-state index in [1.54, 1.807) is 36.3 Å². The number of carbonyl (C=O) groups is 2. The number of hydrogen-bond donors (Lipinski definition) is 1. The third-order valence-electron chi connectivity index (χ3n) is 4.28. The van der Waals surface area contributed by atoms with Crippen LogP contribution in [0.25, 0.3) is 0 Å². The highest BCUT2D eigenvalue weighted by molar-refractivity contribution is 6.39.